The highest BCUT2D eigenvalue weighted by Gasteiger charge is 2.33. The molecule has 0 aliphatic heterocycles. The van der Waals surface area contributed by atoms with Gasteiger partial charge in [-0.2, -0.15) is 0 Å². The average Bonchev–Trinajstić information content (AvgIpc) is 2.02. The Morgan fingerprint density at radius 1 is 1.45 bits per heavy atom. The molecule has 0 amide bonds. The van der Waals surface area contributed by atoms with Crippen molar-refractivity contribution in [1.29, 1.82) is 0 Å². The van der Waals surface area contributed by atoms with Crippen molar-refractivity contribution in [2.75, 3.05) is 0 Å². The maximum atomic E-state index is 4.13. The van der Waals surface area contributed by atoms with Crippen LogP contribution in [0.2, 0.25) is 0 Å². The predicted octanol–water partition coefficient (Wildman–Crippen LogP) is 2.52. The Morgan fingerprint density at radius 3 is 2.73 bits per heavy atom. The third kappa shape index (κ3) is 1.05. The fourth-order valence-corrected chi connectivity index (χ4v) is 1.72. The summed E-state index contributed by atoms with van der Waals surface area (Å²) in [4.78, 5) is 4.13. The van der Waals surface area contributed by atoms with Crippen LogP contribution in [0.15, 0.2) is 24.5 Å². The molecule has 0 radical (unpaired) electrons. The molecule has 58 valence electrons. The summed E-state index contributed by atoms with van der Waals surface area (Å²) in [6, 6.07) is 4.21. The van der Waals surface area contributed by atoms with Crippen molar-refractivity contribution < 1.29 is 0 Å². The molecule has 1 nitrogen and oxygen atoms in total. The summed E-state index contributed by atoms with van der Waals surface area (Å²) >= 11 is 0. The molecule has 1 fully saturated rings. The Balaban J connectivity index is 2.29. The van der Waals surface area contributed by atoms with Gasteiger partial charge >= 0.3 is 0 Å². The van der Waals surface area contributed by atoms with Gasteiger partial charge in [0.2, 0.25) is 0 Å². The van der Waals surface area contributed by atoms with Crippen LogP contribution in [0.5, 0.6) is 0 Å². The quantitative estimate of drug-likeness (QED) is 0.594. The standard InChI is InChI=1S/C10H13N/c1-10(5-3-6-10)9-4-2-7-11-8-9/h2,4,7-8H,3,5-6H2,1H3. The Morgan fingerprint density at radius 2 is 2.27 bits per heavy atom. The maximum Gasteiger partial charge on any atom is 0.0305 e. The van der Waals surface area contributed by atoms with E-state index in [1.165, 1.54) is 24.8 Å². The van der Waals surface area contributed by atoms with E-state index in [1.54, 1.807) is 0 Å². The van der Waals surface area contributed by atoms with Crippen LogP contribution in [0, 0.1) is 0 Å². The van der Waals surface area contributed by atoms with E-state index >= 15 is 0 Å². The zero-order valence-corrected chi connectivity index (χ0v) is 6.88. The lowest BCUT2D eigenvalue weighted by molar-refractivity contribution is 0.271. The fraction of sp³-hybridized carbons (Fsp3) is 0.500. The Labute approximate surface area is 67.5 Å². The van der Waals surface area contributed by atoms with Crippen molar-refractivity contribution in [2.45, 2.75) is 31.6 Å². The smallest absolute Gasteiger partial charge is 0.0305 e. The van der Waals surface area contributed by atoms with Crippen LogP contribution in [0.1, 0.15) is 31.7 Å². The molecule has 1 saturated carbocycles. The van der Waals surface area contributed by atoms with Gasteiger partial charge in [0, 0.05) is 12.4 Å². The lowest BCUT2D eigenvalue weighted by atomic mass is 9.66. The first kappa shape index (κ1) is 6.84. The predicted molar refractivity (Wildman–Crippen MR) is 45.4 cm³/mol. The van der Waals surface area contributed by atoms with E-state index in [0.717, 1.165) is 0 Å². The van der Waals surface area contributed by atoms with Crippen LogP contribution >= 0.6 is 0 Å². The van der Waals surface area contributed by atoms with Crippen molar-refractivity contribution in [1.82, 2.24) is 4.98 Å². The summed E-state index contributed by atoms with van der Waals surface area (Å²) in [7, 11) is 0. The lowest BCUT2D eigenvalue weighted by Gasteiger charge is -2.38. The molecule has 2 rings (SSSR count). The molecule has 0 aromatic carbocycles. The lowest BCUT2D eigenvalue weighted by Crippen LogP contribution is -2.30. The Kier molecular flexibility index (Phi) is 1.45. The molecule has 1 aliphatic rings. The molecule has 1 aromatic rings. The Hall–Kier alpha value is -0.850. The summed E-state index contributed by atoms with van der Waals surface area (Å²) in [5, 5.41) is 0. The largest absolute Gasteiger partial charge is 0.264 e. The Bertz CT molecular complexity index is 236. The third-order valence-corrected chi connectivity index (χ3v) is 2.82. The summed E-state index contributed by atoms with van der Waals surface area (Å²) in [5.74, 6) is 0. The van der Waals surface area contributed by atoms with E-state index in [4.69, 9.17) is 0 Å². The molecule has 0 unspecified atom stereocenters. The minimum Gasteiger partial charge on any atom is -0.264 e. The normalized spacial score (nSPS) is 20.8. The highest BCUT2D eigenvalue weighted by atomic mass is 14.6. The van der Waals surface area contributed by atoms with Crippen LogP contribution in [0.25, 0.3) is 0 Å². The fourth-order valence-electron chi connectivity index (χ4n) is 1.72. The molecule has 1 heterocycles. The highest BCUT2D eigenvalue weighted by molar-refractivity contribution is 5.23. The third-order valence-electron chi connectivity index (χ3n) is 2.82. The van der Waals surface area contributed by atoms with Crippen LogP contribution < -0.4 is 0 Å². The molecule has 0 N–H and O–H groups in total. The zero-order chi connectivity index (χ0) is 7.73. The summed E-state index contributed by atoms with van der Waals surface area (Å²) in [6.45, 7) is 2.33. The van der Waals surface area contributed by atoms with Crippen LogP contribution in [0.3, 0.4) is 0 Å². The summed E-state index contributed by atoms with van der Waals surface area (Å²) < 4.78 is 0. The molecular weight excluding hydrogens is 134 g/mol. The molecule has 1 heteroatoms. The summed E-state index contributed by atoms with van der Waals surface area (Å²) in [6.07, 6.45) is 7.88. The average molecular weight is 147 g/mol. The maximum absolute atomic E-state index is 4.13. The second-order valence-electron chi connectivity index (χ2n) is 3.66. The summed E-state index contributed by atoms with van der Waals surface area (Å²) in [5.41, 5.74) is 1.86. The minimum atomic E-state index is 0.453. The first-order valence-electron chi connectivity index (χ1n) is 4.22. The van der Waals surface area contributed by atoms with E-state index < -0.39 is 0 Å². The topological polar surface area (TPSA) is 12.9 Å². The van der Waals surface area contributed by atoms with E-state index in [0.29, 0.717) is 5.41 Å². The van der Waals surface area contributed by atoms with Crippen molar-refractivity contribution in [2.24, 2.45) is 0 Å². The molecule has 0 spiro atoms. The van der Waals surface area contributed by atoms with E-state index in [9.17, 15) is 0 Å². The van der Waals surface area contributed by atoms with Gasteiger partial charge in [0.15, 0.2) is 0 Å². The number of rotatable bonds is 1. The van der Waals surface area contributed by atoms with Gasteiger partial charge in [-0.05, 0) is 29.9 Å². The zero-order valence-electron chi connectivity index (χ0n) is 6.88. The van der Waals surface area contributed by atoms with Gasteiger partial charge in [-0.1, -0.05) is 19.4 Å². The van der Waals surface area contributed by atoms with Crippen molar-refractivity contribution in [3.8, 4) is 0 Å². The van der Waals surface area contributed by atoms with Gasteiger partial charge in [0.25, 0.3) is 0 Å². The number of pyridine rings is 1. The van der Waals surface area contributed by atoms with E-state index in [1.807, 2.05) is 18.5 Å². The minimum absolute atomic E-state index is 0.453. The van der Waals surface area contributed by atoms with E-state index in [-0.39, 0.29) is 0 Å². The first-order valence-corrected chi connectivity index (χ1v) is 4.22. The van der Waals surface area contributed by atoms with Crippen LogP contribution in [-0.4, -0.2) is 4.98 Å². The van der Waals surface area contributed by atoms with Gasteiger partial charge in [0.05, 0.1) is 0 Å². The first-order chi connectivity index (χ1) is 5.31. The van der Waals surface area contributed by atoms with Gasteiger partial charge in [-0.15, -0.1) is 0 Å². The second-order valence-corrected chi connectivity index (χ2v) is 3.66. The molecule has 11 heavy (non-hydrogen) atoms. The molecular formula is C10H13N. The second kappa shape index (κ2) is 2.33. The van der Waals surface area contributed by atoms with Gasteiger partial charge < -0.3 is 0 Å². The van der Waals surface area contributed by atoms with Crippen LogP contribution in [-0.2, 0) is 5.41 Å². The number of hydrogen-bond donors (Lipinski definition) is 0. The van der Waals surface area contributed by atoms with Crippen molar-refractivity contribution in [3.05, 3.63) is 30.1 Å². The molecule has 0 atom stereocenters. The van der Waals surface area contributed by atoms with Crippen LogP contribution in [0.4, 0.5) is 0 Å². The highest BCUT2D eigenvalue weighted by Crippen LogP contribution is 2.42. The molecule has 0 saturated heterocycles. The molecule has 1 aromatic heterocycles. The monoisotopic (exact) mass is 147 g/mol. The van der Waals surface area contributed by atoms with Crippen molar-refractivity contribution in [3.63, 3.8) is 0 Å². The molecule has 0 bridgehead atoms. The number of nitrogens with zero attached hydrogens (tertiary/aromatic N) is 1. The van der Waals surface area contributed by atoms with Gasteiger partial charge in [-0.3, -0.25) is 4.98 Å². The van der Waals surface area contributed by atoms with E-state index in [2.05, 4.69) is 18.0 Å². The SMILES string of the molecule is CC1(c2cccnc2)CCC1. The molecule has 1 aliphatic carbocycles. The van der Waals surface area contributed by atoms with Gasteiger partial charge in [0.1, 0.15) is 0 Å². The van der Waals surface area contributed by atoms with Gasteiger partial charge in [-0.25, -0.2) is 0 Å². The van der Waals surface area contributed by atoms with Crippen molar-refractivity contribution >= 4 is 0 Å². The number of hydrogen-bond acceptors (Lipinski definition) is 1. The number of aromatic nitrogens is 1.